The van der Waals surface area contributed by atoms with Crippen molar-refractivity contribution in [3.05, 3.63) is 18.2 Å². The van der Waals surface area contributed by atoms with Crippen LogP contribution in [-0.4, -0.2) is 39.7 Å². The monoisotopic (exact) mass is 282 g/mol. The fraction of sp³-hybridized carbons (Fsp3) is 0.615. The van der Waals surface area contributed by atoms with Crippen LogP contribution in [0.1, 0.15) is 33.0 Å². The maximum Gasteiger partial charge on any atom is 0.315 e. The van der Waals surface area contributed by atoms with Gasteiger partial charge in [-0.15, -0.1) is 0 Å². The molecule has 112 valence electrons. The molecule has 0 saturated heterocycles. The zero-order valence-electron chi connectivity index (χ0n) is 12.1. The van der Waals surface area contributed by atoms with Gasteiger partial charge in [-0.2, -0.15) is 0 Å². The number of carboxylic acids is 1. The van der Waals surface area contributed by atoms with Crippen LogP contribution in [0.2, 0.25) is 0 Å². The smallest absolute Gasteiger partial charge is 0.315 e. The van der Waals surface area contributed by atoms with E-state index < -0.39 is 12.0 Å². The van der Waals surface area contributed by atoms with Crippen LogP contribution in [0.3, 0.4) is 0 Å². The molecule has 7 heteroatoms. The number of H-pyrrole nitrogens is 1. The summed E-state index contributed by atoms with van der Waals surface area (Å²) in [6, 6.07) is -0.790. The summed E-state index contributed by atoms with van der Waals surface area (Å²) in [7, 11) is 0. The van der Waals surface area contributed by atoms with Crippen molar-refractivity contribution < 1.29 is 14.7 Å². The predicted molar refractivity (Wildman–Crippen MR) is 74.3 cm³/mol. The zero-order chi connectivity index (χ0) is 15.2. The van der Waals surface area contributed by atoms with Crippen molar-refractivity contribution in [2.75, 3.05) is 6.54 Å². The molecule has 0 aliphatic rings. The predicted octanol–water partition coefficient (Wildman–Crippen LogP) is 1.14. The maximum absolute atomic E-state index is 11.8. The summed E-state index contributed by atoms with van der Waals surface area (Å²) >= 11 is 0. The number of aromatic amines is 1. The third-order valence-corrected chi connectivity index (χ3v) is 2.93. The second-order valence-corrected chi connectivity index (χ2v) is 5.70. The summed E-state index contributed by atoms with van der Waals surface area (Å²) in [5.41, 5.74) is -0.323. The number of carbonyl (C=O) groups is 2. The first-order valence-corrected chi connectivity index (χ1v) is 6.53. The zero-order valence-corrected chi connectivity index (χ0v) is 12.1. The van der Waals surface area contributed by atoms with E-state index in [0.717, 1.165) is 5.82 Å². The standard InChI is InChI=1S/C13H22N4O3/c1-13(2,3)9(8-11(18)19)17-12(20)16-5-4-10-14-6-7-15-10/h6-7,9H,4-5,8H2,1-3H3,(H,14,15)(H,18,19)(H2,16,17,20). The van der Waals surface area contributed by atoms with E-state index in [-0.39, 0.29) is 17.9 Å². The molecule has 0 aliphatic carbocycles. The molecular formula is C13H22N4O3. The van der Waals surface area contributed by atoms with E-state index in [1.807, 2.05) is 20.8 Å². The van der Waals surface area contributed by atoms with Gasteiger partial charge in [0.05, 0.1) is 6.42 Å². The number of nitrogens with zero attached hydrogens (tertiary/aromatic N) is 1. The molecule has 0 fully saturated rings. The van der Waals surface area contributed by atoms with Crippen molar-refractivity contribution in [3.8, 4) is 0 Å². The Hall–Kier alpha value is -2.05. The topological polar surface area (TPSA) is 107 Å². The van der Waals surface area contributed by atoms with Crippen molar-refractivity contribution in [3.63, 3.8) is 0 Å². The van der Waals surface area contributed by atoms with Gasteiger partial charge in [0.2, 0.25) is 0 Å². The molecule has 4 N–H and O–H groups in total. The van der Waals surface area contributed by atoms with Crippen LogP contribution in [0, 0.1) is 5.41 Å². The van der Waals surface area contributed by atoms with Gasteiger partial charge in [0.25, 0.3) is 0 Å². The molecule has 1 aromatic rings. The van der Waals surface area contributed by atoms with Crippen molar-refractivity contribution in [2.24, 2.45) is 5.41 Å². The number of carbonyl (C=O) groups excluding carboxylic acids is 1. The Labute approximate surface area is 118 Å². The van der Waals surface area contributed by atoms with Crippen molar-refractivity contribution >= 4 is 12.0 Å². The van der Waals surface area contributed by atoms with E-state index in [9.17, 15) is 9.59 Å². The van der Waals surface area contributed by atoms with Gasteiger partial charge in [-0.25, -0.2) is 9.78 Å². The van der Waals surface area contributed by atoms with Crippen LogP contribution in [-0.2, 0) is 11.2 Å². The Bertz CT molecular complexity index is 437. The highest BCUT2D eigenvalue weighted by molar-refractivity contribution is 5.75. The lowest BCUT2D eigenvalue weighted by atomic mass is 9.85. The molecule has 20 heavy (non-hydrogen) atoms. The number of nitrogens with one attached hydrogen (secondary N) is 3. The van der Waals surface area contributed by atoms with Crippen LogP contribution in [0.25, 0.3) is 0 Å². The van der Waals surface area contributed by atoms with E-state index in [2.05, 4.69) is 20.6 Å². The minimum Gasteiger partial charge on any atom is -0.481 e. The molecule has 1 atom stereocenters. The first-order chi connectivity index (χ1) is 9.29. The SMILES string of the molecule is CC(C)(C)C(CC(=O)O)NC(=O)NCCc1ncc[nH]1. The van der Waals surface area contributed by atoms with Crippen molar-refractivity contribution in [2.45, 2.75) is 39.7 Å². The molecule has 1 rings (SSSR count). The van der Waals surface area contributed by atoms with Gasteiger partial charge in [0, 0.05) is 31.4 Å². The van der Waals surface area contributed by atoms with E-state index in [4.69, 9.17) is 5.11 Å². The second-order valence-electron chi connectivity index (χ2n) is 5.70. The largest absolute Gasteiger partial charge is 0.481 e. The summed E-state index contributed by atoms with van der Waals surface area (Å²) in [6.07, 6.45) is 3.87. The summed E-state index contributed by atoms with van der Waals surface area (Å²) in [6.45, 7) is 6.11. The molecular weight excluding hydrogens is 260 g/mol. The summed E-state index contributed by atoms with van der Waals surface area (Å²) < 4.78 is 0. The Kier molecular flexibility index (Phi) is 5.54. The fourth-order valence-corrected chi connectivity index (χ4v) is 1.69. The average Bonchev–Trinajstić information content (AvgIpc) is 2.79. The maximum atomic E-state index is 11.8. The molecule has 0 spiro atoms. The number of urea groups is 1. The van der Waals surface area contributed by atoms with E-state index >= 15 is 0 Å². The molecule has 0 aromatic carbocycles. The van der Waals surface area contributed by atoms with Gasteiger partial charge in [-0.1, -0.05) is 20.8 Å². The number of hydrogen-bond acceptors (Lipinski definition) is 3. The molecule has 0 bridgehead atoms. The highest BCUT2D eigenvalue weighted by Gasteiger charge is 2.28. The van der Waals surface area contributed by atoms with Crippen LogP contribution in [0.5, 0.6) is 0 Å². The molecule has 0 radical (unpaired) electrons. The number of aliphatic carboxylic acids is 1. The highest BCUT2D eigenvalue weighted by Crippen LogP contribution is 2.21. The van der Waals surface area contributed by atoms with Crippen LogP contribution in [0.15, 0.2) is 12.4 Å². The number of hydrogen-bond donors (Lipinski definition) is 4. The summed E-state index contributed by atoms with van der Waals surface area (Å²) in [4.78, 5) is 29.6. The van der Waals surface area contributed by atoms with Gasteiger partial charge in [0.15, 0.2) is 0 Å². The summed E-state index contributed by atoms with van der Waals surface area (Å²) in [5, 5.41) is 14.3. The molecule has 0 aliphatic heterocycles. The molecule has 1 heterocycles. The highest BCUT2D eigenvalue weighted by atomic mass is 16.4. The van der Waals surface area contributed by atoms with Gasteiger partial charge in [-0.05, 0) is 5.41 Å². The first kappa shape index (κ1) is 16.0. The number of carboxylic acid groups (broad SMARTS) is 1. The van der Waals surface area contributed by atoms with Crippen LogP contribution >= 0.6 is 0 Å². The van der Waals surface area contributed by atoms with Crippen molar-refractivity contribution in [1.29, 1.82) is 0 Å². The van der Waals surface area contributed by atoms with Crippen LogP contribution < -0.4 is 10.6 Å². The second kappa shape index (κ2) is 6.93. The minimum absolute atomic E-state index is 0.102. The number of imidazole rings is 1. The number of aromatic nitrogens is 2. The lowest BCUT2D eigenvalue weighted by molar-refractivity contribution is -0.138. The Morgan fingerprint density at radius 1 is 1.45 bits per heavy atom. The van der Waals surface area contributed by atoms with E-state index in [0.29, 0.717) is 13.0 Å². The average molecular weight is 282 g/mol. The van der Waals surface area contributed by atoms with Gasteiger partial charge in [-0.3, -0.25) is 4.79 Å². The Morgan fingerprint density at radius 3 is 2.65 bits per heavy atom. The van der Waals surface area contributed by atoms with Gasteiger partial charge in [0.1, 0.15) is 5.82 Å². The lowest BCUT2D eigenvalue weighted by Gasteiger charge is -2.30. The fourth-order valence-electron chi connectivity index (χ4n) is 1.69. The van der Waals surface area contributed by atoms with Crippen LogP contribution in [0.4, 0.5) is 4.79 Å². The number of rotatable bonds is 6. The minimum atomic E-state index is -0.930. The first-order valence-electron chi connectivity index (χ1n) is 6.53. The summed E-state index contributed by atoms with van der Waals surface area (Å²) in [5.74, 6) is -0.135. The quantitative estimate of drug-likeness (QED) is 0.627. The van der Waals surface area contributed by atoms with Gasteiger partial charge < -0.3 is 20.7 Å². The molecule has 2 amide bonds. The molecule has 1 unspecified atom stereocenters. The Morgan fingerprint density at radius 2 is 2.15 bits per heavy atom. The van der Waals surface area contributed by atoms with E-state index in [1.165, 1.54) is 0 Å². The number of amides is 2. The molecule has 7 nitrogen and oxygen atoms in total. The van der Waals surface area contributed by atoms with Crippen molar-refractivity contribution in [1.82, 2.24) is 20.6 Å². The third kappa shape index (κ3) is 5.73. The molecule has 0 saturated carbocycles. The lowest BCUT2D eigenvalue weighted by Crippen LogP contribution is -2.49. The third-order valence-electron chi connectivity index (χ3n) is 2.93. The molecule has 1 aromatic heterocycles. The van der Waals surface area contributed by atoms with E-state index in [1.54, 1.807) is 12.4 Å². The Balaban J connectivity index is 2.39. The van der Waals surface area contributed by atoms with Gasteiger partial charge >= 0.3 is 12.0 Å². The normalized spacial score (nSPS) is 12.8.